The van der Waals surface area contributed by atoms with Gasteiger partial charge in [-0.3, -0.25) is 4.99 Å². The van der Waals surface area contributed by atoms with Crippen LogP contribution < -0.4 is 15.4 Å². The Balaban J connectivity index is 0.00000280. The minimum Gasteiger partial charge on any atom is -0.493 e. The quantitative estimate of drug-likeness (QED) is 0.312. The van der Waals surface area contributed by atoms with E-state index in [1.807, 2.05) is 0 Å². The molecule has 1 aromatic carbocycles. The zero-order chi connectivity index (χ0) is 19.2. The summed E-state index contributed by atoms with van der Waals surface area (Å²) in [5.74, 6) is 2.54. The topological polar surface area (TPSA) is 58.5 Å². The molecule has 28 heavy (non-hydrogen) atoms. The van der Waals surface area contributed by atoms with Gasteiger partial charge in [-0.1, -0.05) is 12.1 Å². The fourth-order valence-electron chi connectivity index (χ4n) is 2.93. The summed E-state index contributed by atoms with van der Waals surface area (Å²) >= 11 is 1.77. The van der Waals surface area contributed by atoms with Crippen molar-refractivity contribution in [2.45, 2.75) is 46.6 Å². The molecule has 1 aliphatic rings. The van der Waals surface area contributed by atoms with Crippen molar-refractivity contribution in [2.24, 2.45) is 10.9 Å². The molecular formula is C21H31IN4OS. The monoisotopic (exact) mass is 514 g/mol. The number of ether oxygens (including phenoxy) is 1. The summed E-state index contributed by atoms with van der Waals surface area (Å²) < 4.78 is 6.06. The van der Waals surface area contributed by atoms with Gasteiger partial charge in [-0.05, 0) is 51.2 Å². The summed E-state index contributed by atoms with van der Waals surface area (Å²) in [4.78, 5) is 10.2. The van der Waals surface area contributed by atoms with Gasteiger partial charge >= 0.3 is 0 Å². The van der Waals surface area contributed by atoms with Crippen LogP contribution in [-0.4, -0.2) is 31.1 Å². The van der Waals surface area contributed by atoms with Gasteiger partial charge in [-0.25, -0.2) is 4.98 Å². The first-order valence-electron chi connectivity index (χ1n) is 9.65. The van der Waals surface area contributed by atoms with Crippen molar-refractivity contribution in [1.82, 2.24) is 15.6 Å². The third-order valence-electron chi connectivity index (χ3n) is 4.71. The zero-order valence-corrected chi connectivity index (χ0v) is 20.3. The Morgan fingerprint density at radius 3 is 2.68 bits per heavy atom. The second-order valence-electron chi connectivity index (χ2n) is 7.21. The first-order valence-corrected chi connectivity index (χ1v) is 10.5. The highest BCUT2D eigenvalue weighted by Gasteiger charge is 2.22. The third-order valence-corrected chi connectivity index (χ3v) is 5.84. The van der Waals surface area contributed by atoms with Crippen LogP contribution in [0, 0.1) is 26.7 Å². The number of aliphatic imine (C=N–C) groups is 1. The van der Waals surface area contributed by atoms with Crippen molar-refractivity contribution in [3.63, 3.8) is 0 Å². The number of hydrogen-bond donors (Lipinski definition) is 2. The molecule has 5 nitrogen and oxygen atoms in total. The van der Waals surface area contributed by atoms with Gasteiger partial charge in [-0.2, -0.15) is 0 Å². The Labute approximate surface area is 189 Å². The van der Waals surface area contributed by atoms with Crippen molar-refractivity contribution >= 4 is 41.3 Å². The number of nitrogens with one attached hydrogen (secondary N) is 2. The van der Waals surface area contributed by atoms with Gasteiger partial charge in [0.25, 0.3) is 0 Å². The highest BCUT2D eigenvalue weighted by atomic mass is 127. The predicted octanol–water partition coefficient (Wildman–Crippen LogP) is 4.38. The Kier molecular flexibility index (Phi) is 9.01. The molecule has 1 aliphatic carbocycles. The second kappa shape index (κ2) is 11.0. The summed E-state index contributed by atoms with van der Waals surface area (Å²) in [6.45, 7) is 8.59. The molecule has 0 atom stereocenters. The lowest BCUT2D eigenvalue weighted by Crippen LogP contribution is -2.37. The summed E-state index contributed by atoms with van der Waals surface area (Å²) in [5, 5.41) is 7.92. The molecule has 154 valence electrons. The Hall–Kier alpha value is -1.35. The molecule has 0 radical (unpaired) electrons. The van der Waals surface area contributed by atoms with E-state index in [-0.39, 0.29) is 24.0 Å². The molecular weight excluding hydrogens is 483 g/mol. The largest absolute Gasteiger partial charge is 0.493 e. The van der Waals surface area contributed by atoms with Gasteiger partial charge in [0.05, 0.1) is 17.3 Å². The van der Waals surface area contributed by atoms with Gasteiger partial charge in [0.2, 0.25) is 0 Å². The number of rotatable bonds is 8. The number of thiazole rings is 1. The molecule has 0 amide bonds. The van der Waals surface area contributed by atoms with E-state index >= 15 is 0 Å². The summed E-state index contributed by atoms with van der Waals surface area (Å²) in [5.41, 5.74) is 3.53. The van der Waals surface area contributed by atoms with Crippen LogP contribution in [0.2, 0.25) is 0 Å². The highest BCUT2D eigenvalue weighted by molar-refractivity contribution is 14.0. The summed E-state index contributed by atoms with van der Waals surface area (Å²) in [7, 11) is 1.80. The molecule has 1 aromatic heterocycles. The summed E-state index contributed by atoms with van der Waals surface area (Å²) in [6.07, 6.45) is 3.56. The lowest BCUT2D eigenvalue weighted by Gasteiger charge is -2.15. The van der Waals surface area contributed by atoms with E-state index in [1.54, 1.807) is 18.4 Å². The predicted molar refractivity (Wildman–Crippen MR) is 128 cm³/mol. The van der Waals surface area contributed by atoms with Crippen LogP contribution in [0.1, 0.15) is 39.5 Å². The van der Waals surface area contributed by atoms with Crippen LogP contribution in [0.3, 0.4) is 0 Å². The van der Waals surface area contributed by atoms with Crippen molar-refractivity contribution < 1.29 is 4.74 Å². The molecule has 0 unspecified atom stereocenters. The Bertz CT molecular complexity index is 802. The molecule has 1 fully saturated rings. The van der Waals surface area contributed by atoms with Gasteiger partial charge in [0.1, 0.15) is 5.75 Å². The Morgan fingerprint density at radius 2 is 2.04 bits per heavy atom. The lowest BCUT2D eigenvalue weighted by atomic mass is 10.1. The van der Waals surface area contributed by atoms with E-state index in [4.69, 9.17) is 4.74 Å². The van der Waals surface area contributed by atoms with Crippen molar-refractivity contribution in [3.05, 3.63) is 44.9 Å². The van der Waals surface area contributed by atoms with Crippen LogP contribution in [0.25, 0.3) is 0 Å². The number of halogens is 1. The first kappa shape index (κ1) is 22.9. The van der Waals surface area contributed by atoms with Gasteiger partial charge in [0.15, 0.2) is 5.96 Å². The standard InChI is InChI=1S/C21H30N4OS.HI/c1-14-5-8-18(19(11-14)26-13-17-6-7-17)12-24-21(22-4)23-10-9-20-15(2)25-16(3)27-20;/h5,8,11,17H,6-7,9-10,12-13H2,1-4H3,(H2,22,23,24);1H. The summed E-state index contributed by atoms with van der Waals surface area (Å²) in [6, 6.07) is 6.40. The minimum atomic E-state index is 0. The number of hydrogen-bond acceptors (Lipinski definition) is 4. The van der Waals surface area contributed by atoms with Crippen molar-refractivity contribution in [3.8, 4) is 5.75 Å². The Morgan fingerprint density at radius 1 is 1.25 bits per heavy atom. The first-order chi connectivity index (χ1) is 13.0. The average molecular weight is 514 g/mol. The van der Waals surface area contributed by atoms with E-state index in [0.717, 1.165) is 53.5 Å². The van der Waals surface area contributed by atoms with Crippen molar-refractivity contribution in [2.75, 3.05) is 20.2 Å². The van der Waals surface area contributed by atoms with E-state index < -0.39 is 0 Å². The van der Waals surface area contributed by atoms with Crippen LogP contribution in [-0.2, 0) is 13.0 Å². The fourth-order valence-corrected chi connectivity index (χ4v) is 3.87. The molecule has 0 spiro atoms. The molecule has 0 aliphatic heterocycles. The highest BCUT2D eigenvalue weighted by Crippen LogP contribution is 2.30. The van der Waals surface area contributed by atoms with Crippen molar-refractivity contribution in [1.29, 1.82) is 0 Å². The van der Waals surface area contributed by atoms with Gasteiger partial charge in [-0.15, -0.1) is 35.3 Å². The molecule has 2 aromatic rings. The molecule has 0 bridgehead atoms. The van der Waals surface area contributed by atoms with E-state index in [9.17, 15) is 0 Å². The van der Waals surface area contributed by atoms with Gasteiger partial charge < -0.3 is 15.4 Å². The number of aromatic nitrogens is 1. The smallest absolute Gasteiger partial charge is 0.191 e. The van der Waals surface area contributed by atoms with Crippen LogP contribution >= 0.6 is 35.3 Å². The maximum atomic E-state index is 6.06. The molecule has 1 saturated carbocycles. The molecule has 1 heterocycles. The maximum absolute atomic E-state index is 6.06. The normalized spacial score (nSPS) is 13.8. The molecule has 7 heteroatoms. The zero-order valence-electron chi connectivity index (χ0n) is 17.2. The van der Waals surface area contributed by atoms with E-state index in [1.165, 1.54) is 23.3 Å². The maximum Gasteiger partial charge on any atom is 0.191 e. The van der Waals surface area contributed by atoms with Crippen LogP contribution in [0.15, 0.2) is 23.2 Å². The van der Waals surface area contributed by atoms with Gasteiger partial charge in [0, 0.05) is 37.0 Å². The number of benzene rings is 1. The number of nitrogens with zero attached hydrogens (tertiary/aromatic N) is 2. The average Bonchev–Trinajstić information content (AvgIpc) is 3.41. The van der Waals surface area contributed by atoms with E-state index in [0.29, 0.717) is 6.54 Å². The minimum absolute atomic E-state index is 0. The SMILES string of the molecule is CN=C(NCCc1sc(C)nc1C)NCc1ccc(C)cc1OCC1CC1.I. The second-order valence-corrected chi connectivity index (χ2v) is 8.50. The van der Waals surface area contributed by atoms with E-state index in [2.05, 4.69) is 59.6 Å². The number of guanidine groups is 1. The molecule has 2 N–H and O–H groups in total. The van der Waals surface area contributed by atoms with Crippen LogP contribution in [0.5, 0.6) is 5.75 Å². The van der Waals surface area contributed by atoms with Crippen LogP contribution in [0.4, 0.5) is 0 Å². The lowest BCUT2D eigenvalue weighted by molar-refractivity contribution is 0.296. The third kappa shape index (κ3) is 6.92. The molecule has 3 rings (SSSR count). The fraction of sp³-hybridized carbons (Fsp3) is 0.524. The molecule has 0 saturated heterocycles. The number of aryl methyl sites for hydroxylation is 3.